The number of hydrogen-bond donors (Lipinski definition) is 4. The van der Waals surface area contributed by atoms with Crippen LogP contribution in [-0.4, -0.2) is 82.2 Å². The van der Waals surface area contributed by atoms with Crippen molar-refractivity contribution < 1.29 is 22.7 Å². The minimum Gasteiger partial charge on any atom is -0.481 e. The molecule has 5 rings (SSSR count). The number of nitrogens with one attached hydrogen (secondary N) is 2. The highest BCUT2D eigenvalue weighted by molar-refractivity contribution is 5.81. The van der Waals surface area contributed by atoms with E-state index in [1.165, 1.54) is 57.0 Å². The smallest absolute Gasteiger partial charge is 0.257 e. The second-order valence-electron chi connectivity index (χ2n) is 14.1. The zero-order chi connectivity index (χ0) is 37.6. The minimum absolute atomic E-state index is 0.0697. The molecular formula is C38H53F3N10O2. The fourth-order valence-corrected chi connectivity index (χ4v) is 6.96. The van der Waals surface area contributed by atoms with E-state index in [0.717, 1.165) is 37.1 Å². The summed E-state index contributed by atoms with van der Waals surface area (Å²) in [4.78, 5) is 32.0. The van der Waals surface area contributed by atoms with Gasteiger partial charge in [0.2, 0.25) is 6.43 Å². The summed E-state index contributed by atoms with van der Waals surface area (Å²) >= 11 is 0. The lowest BCUT2D eigenvalue weighted by Crippen LogP contribution is -2.55. The van der Waals surface area contributed by atoms with Crippen LogP contribution in [-0.2, 0) is 11.3 Å². The molecule has 1 atom stereocenters. The number of hydrogen-bond acceptors (Lipinski definition) is 10. The second kappa shape index (κ2) is 19.5. The van der Waals surface area contributed by atoms with E-state index >= 15 is 0 Å². The Labute approximate surface area is 309 Å². The number of benzene rings is 1. The number of amides is 1. The van der Waals surface area contributed by atoms with Crippen LogP contribution < -0.4 is 31.7 Å². The van der Waals surface area contributed by atoms with Crippen molar-refractivity contribution in [2.45, 2.75) is 95.6 Å². The molecule has 4 aromatic rings. The maximum absolute atomic E-state index is 14.9. The number of anilines is 2. The van der Waals surface area contributed by atoms with E-state index in [0.29, 0.717) is 54.9 Å². The van der Waals surface area contributed by atoms with Crippen molar-refractivity contribution in [1.82, 2.24) is 35.1 Å². The maximum Gasteiger partial charge on any atom is 0.257 e. The van der Waals surface area contributed by atoms with E-state index in [2.05, 4.69) is 25.6 Å². The molecule has 3 aromatic heterocycles. The van der Waals surface area contributed by atoms with Crippen molar-refractivity contribution in [1.29, 1.82) is 0 Å². The maximum atomic E-state index is 14.9. The minimum atomic E-state index is -2.52. The molecule has 53 heavy (non-hydrogen) atoms. The Morgan fingerprint density at radius 3 is 2.47 bits per heavy atom. The quantitative estimate of drug-likeness (QED) is 0.0765. The Kier molecular flexibility index (Phi) is 14.6. The van der Waals surface area contributed by atoms with E-state index in [4.69, 9.17) is 21.2 Å². The summed E-state index contributed by atoms with van der Waals surface area (Å²) in [6.45, 7) is 2.45. The van der Waals surface area contributed by atoms with Crippen LogP contribution in [0.4, 0.5) is 24.7 Å². The molecule has 0 saturated carbocycles. The number of fused-ring (bicyclic) bond motifs is 1. The summed E-state index contributed by atoms with van der Waals surface area (Å²) < 4.78 is 49.3. The van der Waals surface area contributed by atoms with Crippen molar-refractivity contribution in [3.8, 4) is 17.0 Å². The number of piperidine rings is 1. The monoisotopic (exact) mass is 738 g/mol. The van der Waals surface area contributed by atoms with Crippen LogP contribution in [0, 0.1) is 5.82 Å². The molecule has 1 aliphatic heterocycles. The normalized spacial score (nSPS) is 16.1. The number of nitrogen functional groups attached to an aromatic ring is 1. The molecule has 0 unspecified atom stereocenters. The molecule has 1 saturated heterocycles. The lowest BCUT2D eigenvalue weighted by Gasteiger charge is -2.42. The first kappa shape index (κ1) is 39.7. The topological polar surface area (TPSA) is 162 Å². The van der Waals surface area contributed by atoms with E-state index in [1.54, 1.807) is 18.6 Å². The Bertz CT molecular complexity index is 1770. The Morgan fingerprint density at radius 1 is 1.00 bits per heavy atom. The number of halogens is 3. The van der Waals surface area contributed by atoms with Gasteiger partial charge in [-0.2, -0.15) is 0 Å². The molecule has 0 radical (unpaired) electrons. The Hall–Kier alpha value is -4.50. The van der Waals surface area contributed by atoms with Crippen molar-refractivity contribution in [3.05, 3.63) is 54.5 Å². The van der Waals surface area contributed by atoms with Gasteiger partial charge in [0.15, 0.2) is 29.6 Å². The van der Waals surface area contributed by atoms with Gasteiger partial charge in [-0.05, 0) is 69.1 Å². The van der Waals surface area contributed by atoms with Crippen LogP contribution in [0.15, 0.2) is 43.1 Å². The van der Waals surface area contributed by atoms with Crippen molar-refractivity contribution >= 4 is 28.6 Å². The molecule has 1 aliphatic rings. The molecule has 1 amide bonds. The molecule has 4 heterocycles. The first-order valence-electron chi connectivity index (χ1n) is 18.7. The van der Waals surface area contributed by atoms with Gasteiger partial charge in [0.1, 0.15) is 11.8 Å². The average molecular weight is 739 g/mol. The number of aromatic nitrogens is 5. The fraction of sp³-hybridized carbons (Fsp3) is 0.553. The Balaban J connectivity index is 1.22. The summed E-state index contributed by atoms with van der Waals surface area (Å²) in [5, 5.41) is 6.04. The largest absolute Gasteiger partial charge is 0.481 e. The zero-order valence-electron chi connectivity index (χ0n) is 30.6. The molecule has 15 heteroatoms. The molecular weight excluding hydrogens is 685 g/mol. The van der Waals surface area contributed by atoms with Crippen molar-refractivity contribution in [3.63, 3.8) is 0 Å². The number of rotatable bonds is 21. The molecule has 1 fully saturated rings. The van der Waals surface area contributed by atoms with Gasteiger partial charge in [-0.1, -0.05) is 44.9 Å². The number of ether oxygens (including phenoxy) is 1. The van der Waals surface area contributed by atoms with Gasteiger partial charge in [-0.25, -0.2) is 28.1 Å². The number of carbonyl (C=O) groups excluding carboxylic acids is 1. The summed E-state index contributed by atoms with van der Waals surface area (Å²) in [6.07, 6.45) is 13.5. The summed E-state index contributed by atoms with van der Waals surface area (Å²) in [5.41, 5.74) is 15.1. The van der Waals surface area contributed by atoms with Crippen LogP contribution in [0.25, 0.3) is 22.4 Å². The highest BCUT2D eigenvalue weighted by Gasteiger charge is 2.35. The van der Waals surface area contributed by atoms with E-state index in [-0.39, 0.29) is 30.6 Å². The van der Waals surface area contributed by atoms with Crippen LogP contribution in [0.1, 0.15) is 82.6 Å². The number of nitrogens with two attached hydrogens (primary N) is 2. The molecule has 1 aromatic carbocycles. The van der Waals surface area contributed by atoms with E-state index in [9.17, 15) is 18.0 Å². The average Bonchev–Trinajstić information content (AvgIpc) is 3.55. The summed E-state index contributed by atoms with van der Waals surface area (Å²) in [6, 6.07) is 6.25. The molecule has 0 spiro atoms. The number of carbonyl (C=O) groups is 1. The molecule has 12 nitrogen and oxygen atoms in total. The lowest BCUT2D eigenvalue weighted by atomic mass is 9.86. The van der Waals surface area contributed by atoms with Gasteiger partial charge in [0.05, 0.1) is 30.5 Å². The fourth-order valence-electron chi connectivity index (χ4n) is 6.96. The van der Waals surface area contributed by atoms with Gasteiger partial charge in [0.25, 0.3) is 5.91 Å². The van der Waals surface area contributed by atoms with Gasteiger partial charge in [-0.3, -0.25) is 9.78 Å². The third-order valence-electron chi connectivity index (χ3n) is 9.76. The lowest BCUT2D eigenvalue weighted by molar-refractivity contribution is -0.123. The highest BCUT2D eigenvalue weighted by atomic mass is 19.3. The molecule has 0 aliphatic carbocycles. The first-order valence-corrected chi connectivity index (χ1v) is 18.7. The number of alkyl halides is 2. The second-order valence-corrected chi connectivity index (χ2v) is 14.1. The van der Waals surface area contributed by atoms with Crippen LogP contribution in [0.2, 0.25) is 0 Å². The number of unbranched alkanes of at least 4 members (excludes halogenated alkanes) is 8. The van der Waals surface area contributed by atoms with Crippen molar-refractivity contribution in [2.24, 2.45) is 5.73 Å². The zero-order valence-corrected chi connectivity index (χ0v) is 30.6. The molecule has 0 bridgehead atoms. The van der Waals surface area contributed by atoms with Crippen molar-refractivity contribution in [2.75, 3.05) is 50.5 Å². The van der Waals surface area contributed by atoms with Crippen LogP contribution >= 0.6 is 0 Å². The van der Waals surface area contributed by atoms with Gasteiger partial charge in [-0.15, -0.1) is 0 Å². The van der Waals surface area contributed by atoms with E-state index < -0.39 is 24.2 Å². The van der Waals surface area contributed by atoms with Crippen LogP contribution in [0.3, 0.4) is 0 Å². The standard InChI is InChI=1S/C38H53F3N10O2/c1-44-15-9-7-5-3-2-4-6-8-10-16-45-34(52)23-53-32-19-27(12-13-29(32)39)30-18-28(22-51-26-49-35-36(42)47-25-48-37(35)51)31(21-46-30)50-17-11-14-38(43,24-50)20-33(40)41/h12-13,18-19,21,25-26,33,44H,2-11,14-17,20,22-24,43H2,1H3,(H,45,52)(H2,42,47,48)/t38-/m0/s1. The highest BCUT2D eigenvalue weighted by Crippen LogP contribution is 2.34. The van der Waals surface area contributed by atoms with Gasteiger partial charge in [0, 0.05) is 37.2 Å². The number of imidazole rings is 1. The number of nitrogens with zero attached hydrogens (tertiary/aromatic N) is 6. The predicted octanol–water partition coefficient (Wildman–Crippen LogP) is 5.84. The molecule has 288 valence electrons. The first-order chi connectivity index (χ1) is 25.7. The summed E-state index contributed by atoms with van der Waals surface area (Å²) in [5.74, 6) is -0.739. The van der Waals surface area contributed by atoms with E-state index in [1.807, 2.05) is 22.6 Å². The van der Waals surface area contributed by atoms with Gasteiger partial charge < -0.3 is 36.3 Å². The Morgan fingerprint density at radius 2 is 1.74 bits per heavy atom. The van der Waals surface area contributed by atoms with Gasteiger partial charge >= 0.3 is 0 Å². The van der Waals surface area contributed by atoms with Crippen LogP contribution in [0.5, 0.6) is 5.75 Å². The molecule has 6 N–H and O–H groups in total. The summed E-state index contributed by atoms with van der Waals surface area (Å²) in [7, 11) is 1.98. The predicted molar refractivity (Wildman–Crippen MR) is 201 cm³/mol. The number of pyridine rings is 1. The third kappa shape index (κ3) is 11.5. The third-order valence-corrected chi connectivity index (χ3v) is 9.76. The SMILES string of the molecule is CNCCCCCCCCCCCNC(=O)COc1cc(-c2cc(Cn3cnc4c(N)ncnc43)c(N3CCC[C@](N)(CC(F)F)C3)cn2)ccc1F.